The largest absolute Gasteiger partial charge is 0.467 e. The molecule has 0 bridgehead atoms. The van der Waals surface area contributed by atoms with E-state index in [0.717, 1.165) is 7.11 Å². The predicted molar refractivity (Wildman–Crippen MR) is 54.4 cm³/mol. The summed E-state index contributed by atoms with van der Waals surface area (Å²) in [6, 6.07) is 1.27. The van der Waals surface area contributed by atoms with Gasteiger partial charge >= 0.3 is 12.1 Å². The van der Waals surface area contributed by atoms with Gasteiger partial charge in [-0.3, -0.25) is 0 Å². The molecule has 0 saturated heterocycles. The summed E-state index contributed by atoms with van der Waals surface area (Å²) >= 11 is 0. The van der Waals surface area contributed by atoms with Gasteiger partial charge in [0.2, 0.25) is 0 Å². The van der Waals surface area contributed by atoms with Gasteiger partial charge in [0.1, 0.15) is 11.9 Å². The van der Waals surface area contributed by atoms with Crippen molar-refractivity contribution in [2.75, 3.05) is 7.11 Å². The maximum absolute atomic E-state index is 13.1. The van der Waals surface area contributed by atoms with Crippen molar-refractivity contribution in [3.05, 3.63) is 35.1 Å². The molecular weight excluding hydrogens is 272 g/mol. The van der Waals surface area contributed by atoms with E-state index in [0.29, 0.717) is 12.1 Å². The molecule has 0 aliphatic rings. The van der Waals surface area contributed by atoms with Gasteiger partial charge in [-0.05, 0) is 23.8 Å². The van der Waals surface area contributed by atoms with Gasteiger partial charge in [-0.15, -0.1) is 0 Å². The molecule has 0 amide bonds. The fraction of sp³-hybridized carbons (Fsp3) is 0.364. The molecule has 2 N–H and O–H groups in total. The first-order chi connectivity index (χ1) is 8.66. The third kappa shape index (κ3) is 3.65. The second-order valence-electron chi connectivity index (χ2n) is 3.68. The number of aliphatic hydroxyl groups excluding tert-OH is 2. The first-order valence-corrected chi connectivity index (χ1v) is 4.98. The van der Waals surface area contributed by atoms with Gasteiger partial charge in [0.25, 0.3) is 0 Å². The quantitative estimate of drug-likeness (QED) is 0.650. The molecule has 2 atom stereocenters. The summed E-state index contributed by atoms with van der Waals surface area (Å²) in [6.07, 6.45) is -8.94. The lowest BCUT2D eigenvalue weighted by atomic mass is 10.0. The SMILES string of the molecule is COC(=O)C(O)C(O)c1cc(F)cc(C(F)(F)F)c1. The van der Waals surface area contributed by atoms with Crippen LogP contribution in [0.5, 0.6) is 0 Å². The average molecular weight is 282 g/mol. The molecule has 0 aliphatic carbocycles. The van der Waals surface area contributed by atoms with E-state index in [2.05, 4.69) is 4.74 Å². The monoisotopic (exact) mass is 282 g/mol. The van der Waals surface area contributed by atoms with Crippen molar-refractivity contribution in [1.82, 2.24) is 0 Å². The molecule has 1 aromatic carbocycles. The predicted octanol–water partition coefficient (Wildman–Crippen LogP) is 1.41. The molecule has 0 spiro atoms. The van der Waals surface area contributed by atoms with E-state index in [4.69, 9.17) is 0 Å². The van der Waals surface area contributed by atoms with Gasteiger partial charge in [-0.2, -0.15) is 13.2 Å². The number of benzene rings is 1. The van der Waals surface area contributed by atoms with E-state index in [1.165, 1.54) is 0 Å². The minimum atomic E-state index is -4.81. The number of carbonyl (C=O) groups excluding carboxylic acids is 1. The van der Waals surface area contributed by atoms with Crippen LogP contribution >= 0.6 is 0 Å². The van der Waals surface area contributed by atoms with Gasteiger partial charge in [0, 0.05) is 0 Å². The Morgan fingerprint density at radius 2 is 1.84 bits per heavy atom. The number of rotatable bonds is 3. The van der Waals surface area contributed by atoms with E-state index in [1.807, 2.05) is 0 Å². The maximum atomic E-state index is 13.1. The van der Waals surface area contributed by atoms with E-state index in [-0.39, 0.29) is 6.07 Å². The van der Waals surface area contributed by atoms with Crippen LogP contribution in [0.15, 0.2) is 18.2 Å². The van der Waals surface area contributed by atoms with Crippen molar-refractivity contribution in [3.63, 3.8) is 0 Å². The van der Waals surface area contributed by atoms with Crippen molar-refractivity contribution < 1.29 is 37.3 Å². The third-order valence-corrected chi connectivity index (χ3v) is 2.33. The minimum absolute atomic E-state index is 0.237. The summed E-state index contributed by atoms with van der Waals surface area (Å²) in [6.45, 7) is 0. The Labute approximate surface area is 105 Å². The topological polar surface area (TPSA) is 66.8 Å². The van der Waals surface area contributed by atoms with Crippen LogP contribution in [0.25, 0.3) is 0 Å². The Bertz CT molecular complexity index is 472. The molecule has 106 valence electrons. The second kappa shape index (κ2) is 5.54. The highest BCUT2D eigenvalue weighted by atomic mass is 19.4. The van der Waals surface area contributed by atoms with Crippen molar-refractivity contribution >= 4 is 5.97 Å². The van der Waals surface area contributed by atoms with Crippen LogP contribution in [0, 0.1) is 5.82 Å². The number of hydrogen-bond acceptors (Lipinski definition) is 4. The molecule has 4 nitrogen and oxygen atoms in total. The first-order valence-electron chi connectivity index (χ1n) is 4.98. The number of halogens is 4. The van der Waals surface area contributed by atoms with Crippen molar-refractivity contribution in [1.29, 1.82) is 0 Å². The number of methoxy groups -OCH3 is 1. The summed E-state index contributed by atoms with van der Waals surface area (Å²) in [5, 5.41) is 18.8. The summed E-state index contributed by atoms with van der Waals surface area (Å²) in [4.78, 5) is 10.9. The van der Waals surface area contributed by atoms with E-state index in [9.17, 15) is 32.6 Å². The zero-order chi connectivity index (χ0) is 14.8. The zero-order valence-electron chi connectivity index (χ0n) is 9.61. The Morgan fingerprint density at radius 1 is 1.26 bits per heavy atom. The Balaban J connectivity index is 3.14. The van der Waals surface area contributed by atoms with Gasteiger partial charge in [-0.1, -0.05) is 0 Å². The molecule has 1 aromatic rings. The van der Waals surface area contributed by atoms with Crippen LogP contribution in [0.2, 0.25) is 0 Å². The number of alkyl halides is 3. The lowest BCUT2D eigenvalue weighted by Gasteiger charge is -2.17. The molecular formula is C11H10F4O4. The van der Waals surface area contributed by atoms with Crippen LogP contribution in [-0.4, -0.2) is 29.4 Å². The Kier molecular flexibility index (Phi) is 4.48. The lowest BCUT2D eigenvalue weighted by Crippen LogP contribution is -2.29. The first kappa shape index (κ1) is 15.4. The smallest absolute Gasteiger partial charge is 0.416 e. The number of hydrogen-bond donors (Lipinski definition) is 2. The molecule has 19 heavy (non-hydrogen) atoms. The van der Waals surface area contributed by atoms with E-state index >= 15 is 0 Å². The molecule has 0 radical (unpaired) electrons. The van der Waals surface area contributed by atoms with Gasteiger partial charge < -0.3 is 14.9 Å². The summed E-state index contributed by atoms with van der Waals surface area (Å²) < 4.78 is 54.5. The molecule has 8 heteroatoms. The average Bonchev–Trinajstić information content (AvgIpc) is 2.34. The number of ether oxygens (including phenoxy) is 1. The highest BCUT2D eigenvalue weighted by molar-refractivity contribution is 5.75. The van der Waals surface area contributed by atoms with Crippen LogP contribution in [-0.2, 0) is 15.7 Å². The highest BCUT2D eigenvalue weighted by Gasteiger charge is 2.33. The second-order valence-corrected chi connectivity index (χ2v) is 3.68. The number of aliphatic hydroxyl groups is 2. The van der Waals surface area contributed by atoms with Gasteiger partial charge in [0.15, 0.2) is 6.10 Å². The summed E-state index contributed by atoms with van der Waals surface area (Å²) in [5.41, 5.74) is -1.91. The molecule has 2 unspecified atom stereocenters. The van der Waals surface area contributed by atoms with E-state index < -0.39 is 41.3 Å². The lowest BCUT2D eigenvalue weighted by molar-refractivity contribution is -0.156. The fourth-order valence-corrected chi connectivity index (χ4v) is 1.38. The molecule has 0 heterocycles. The van der Waals surface area contributed by atoms with Crippen molar-refractivity contribution in [3.8, 4) is 0 Å². The normalized spacial score (nSPS) is 14.9. The van der Waals surface area contributed by atoms with Crippen LogP contribution in [0.3, 0.4) is 0 Å². The molecule has 0 aliphatic heterocycles. The zero-order valence-corrected chi connectivity index (χ0v) is 9.61. The van der Waals surface area contributed by atoms with Crippen LogP contribution in [0.1, 0.15) is 17.2 Å². The van der Waals surface area contributed by atoms with Gasteiger partial charge in [0.05, 0.1) is 12.7 Å². The standard InChI is InChI=1S/C11H10F4O4/c1-19-10(18)9(17)8(16)5-2-6(11(13,14)15)4-7(12)3-5/h2-4,8-9,16-17H,1H3. The van der Waals surface area contributed by atoms with Crippen LogP contribution in [0.4, 0.5) is 17.6 Å². The molecule has 0 saturated carbocycles. The Hall–Kier alpha value is -1.67. The maximum Gasteiger partial charge on any atom is 0.416 e. The summed E-state index contributed by atoms with van der Waals surface area (Å²) in [7, 11) is 0.922. The summed E-state index contributed by atoms with van der Waals surface area (Å²) in [5.74, 6) is -2.49. The Morgan fingerprint density at radius 3 is 2.32 bits per heavy atom. The fourth-order valence-electron chi connectivity index (χ4n) is 1.38. The molecule has 1 rings (SSSR count). The van der Waals surface area contributed by atoms with E-state index in [1.54, 1.807) is 0 Å². The molecule has 0 aromatic heterocycles. The number of esters is 1. The number of carbonyl (C=O) groups is 1. The molecule has 0 fully saturated rings. The minimum Gasteiger partial charge on any atom is -0.467 e. The third-order valence-electron chi connectivity index (χ3n) is 2.33. The highest BCUT2D eigenvalue weighted by Crippen LogP contribution is 2.32. The van der Waals surface area contributed by atoms with Gasteiger partial charge in [-0.25, -0.2) is 9.18 Å². The van der Waals surface area contributed by atoms with Crippen LogP contribution < -0.4 is 0 Å². The van der Waals surface area contributed by atoms with Crippen molar-refractivity contribution in [2.24, 2.45) is 0 Å². The van der Waals surface area contributed by atoms with Crippen molar-refractivity contribution in [2.45, 2.75) is 18.4 Å².